The van der Waals surface area contributed by atoms with Crippen LogP contribution in [0.4, 0.5) is 0 Å². The van der Waals surface area contributed by atoms with Crippen LogP contribution in [0.25, 0.3) is 0 Å². The first-order valence-corrected chi connectivity index (χ1v) is 9.92. The first kappa shape index (κ1) is 17.4. The highest BCUT2D eigenvalue weighted by Gasteiger charge is 2.09. The van der Waals surface area contributed by atoms with Crippen molar-refractivity contribution in [1.29, 1.82) is 0 Å². The van der Waals surface area contributed by atoms with E-state index < -0.39 is 9.84 Å². The maximum Gasteiger partial charge on any atom is 0.226 e. The normalized spacial score (nSPS) is 11.2. The van der Waals surface area contributed by atoms with Gasteiger partial charge in [0.2, 0.25) is 5.91 Å². The highest BCUT2D eigenvalue weighted by atomic mass is 32.2. The van der Waals surface area contributed by atoms with Crippen LogP contribution >= 0.6 is 11.3 Å². The van der Waals surface area contributed by atoms with Gasteiger partial charge in [0, 0.05) is 18.2 Å². The van der Waals surface area contributed by atoms with Crippen molar-refractivity contribution >= 4 is 27.1 Å². The number of amides is 1. The fourth-order valence-electron chi connectivity index (χ4n) is 1.76. The van der Waals surface area contributed by atoms with Crippen LogP contribution in [-0.2, 0) is 27.7 Å². The molecule has 0 radical (unpaired) electrons. The lowest BCUT2D eigenvalue weighted by Gasteiger charge is -2.03. The van der Waals surface area contributed by atoms with Crippen LogP contribution in [-0.4, -0.2) is 37.9 Å². The minimum atomic E-state index is -3.07. The van der Waals surface area contributed by atoms with E-state index in [2.05, 4.69) is 10.3 Å². The summed E-state index contributed by atoms with van der Waals surface area (Å²) in [5.74, 6) is 0.462. The largest absolute Gasteiger partial charge is 0.486 e. The van der Waals surface area contributed by atoms with Gasteiger partial charge in [-0.3, -0.25) is 4.79 Å². The lowest BCUT2D eigenvalue weighted by atomic mass is 10.3. The third kappa shape index (κ3) is 6.79. The van der Waals surface area contributed by atoms with E-state index in [0.29, 0.717) is 12.3 Å². The smallest absolute Gasteiger partial charge is 0.226 e. The number of para-hydroxylation sites is 1. The number of nitrogens with one attached hydrogen (secondary N) is 1. The fourth-order valence-corrected chi connectivity index (χ4v) is 2.94. The number of carbonyl (C=O) groups excluding carboxylic acids is 1. The molecule has 0 atom stereocenters. The topological polar surface area (TPSA) is 85.4 Å². The van der Waals surface area contributed by atoms with Gasteiger partial charge in [0.25, 0.3) is 0 Å². The Bertz CT molecular complexity index is 742. The van der Waals surface area contributed by atoms with E-state index >= 15 is 0 Å². The Labute approximate surface area is 139 Å². The zero-order chi connectivity index (χ0) is 16.7. The van der Waals surface area contributed by atoms with Crippen LogP contribution in [0.15, 0.2) is 35.7 Å². The maximum atomic E-state index is 11.7. The summed E-state index contributed by atoms with van der Waals surface area (Å²) in [4.78, 5) is 16.1. The summed E-state index contributed by atoms with van der Waals surface area (Å²) in [6.07, 6.45) is 1.27. The third-order valence-corrected chi connectivity index (χ3v) is 4.66. The van der Waals surface area contributed by atoms with Gasteiger partial charge in [-0.15, -0.1) is 11.3 Å². The van der Waals surface area contributed by atoms with Gasteiger partial charge in [0.15, 0.2) is 0 Å². The van der Waals surface area contributed by atoms with Crippen molar-refractivity contribution in [2.24, 2.45) is 0 Å². The molecule has 2 rings (SSSR count). The molecular weight excluding hydrogens is 336 g/mol. The zero-order valence-electron chi connectivity index (χ0n) is 12.7. The molecule has 1 aromatic carbocycles. The monoisotopic (exact) mass is 354 g/mol. The molecule has 0 spiro atoms. The van der Waals surface area contributed by atoms with E-state index in [0.717, 1.165) is 17.0 Å². The average Bonchev–Trinajstić information content (AvgIpc) is 2.92. The molecule has 0 aliphatic heterocycles. The molecule has 0 fully saturated rings. The van der Waals surface area contributed by atoms with Crippen molar-refractivity contribution in [1.82, 2.24) is 10.3 Å². The summed E-state index contributed by atoms with van der Waals surface area (Å²) in [7, 11) is -3.07. The van der Waals surface area contributed by atoms with E-state index in [-0.39, 0.29) is 24.6 Å². The van der Waals surface area contributed by atoms with Crippen molar-refractivity contribution in [3.05, 3.63) is 46.4 Å². The Morgan fingerprint density at radius 3 is 2.74 bits per heavy atom. The van der Waals surface area contributed by atoms with Gasteiger partial charge >= 0.3 is 0 Å². The van der Waals surface area contributed by atoms with Gasteiger partial charge < -0.3 is 10.1 Å². The summed E-state index contributed by atoms with van der Waals surface area (Å²) >= 11 is 1.43. The van der Waals surface area contributed by atoms with Crippen molar-refractivity contribution in [3.63, 3.8) is 0 Å². The molecule has 0 aliphatic carbocycles. The van der Waals surface area contributed by atoms with Crippen LogP contribution in [0.5, 0.6) is 5.75 Å². The van der Waals surface area contributed by atoms with E-state index in [4.69, 9.17) is 4.74 Å². The SMILES string of the molecule is CS(=O)(=O)CCNC(=O)Cc1csc(COc2ccccc2)n1. The first-order chi connectivity index (χ1) is 10.9. The number of aromatic nitrogens is 1. The van der Waals surface area contributed by atoms with Gasteiger partial charge in [-0.1, -0.05) is 18.2 Å². The number of sulfone groups is 1. The molecule has 8 heteroatoms. The second-order valence-corrected chi connectivity index (χ2v) is 8.19. The molecule has 1 aromatic heterocycles. The Morgan fingerprint density at radius 1 is 1.30 bits per heavy atom. The van der Waals surface area contributed by atoms with Crippen LogP contribution < -0.4 is 10.1 Å². The standard InChI is InChI=1S/C15H18N2O4S2/c1-23(19,20)8-7-16-14(18)9-12-11-22-15(17-12)10-21-13-5-3-2-4-6-13/h2-6,11H,7-10H2,1H3,(H,16,18). The predicted octanol–water partition coefficient (Wildman–Crippen LogP) is 1.43. The second kappa shape index (κ2) is 8.07. The summed E-state index contributed by atoms with van der Waals surface area (Å²) in [5.41, 5.74) is 0.651. The molecule has 0 aliphatic rings. The molecule has 6 nitrogen and oxygen atoms in total. The van der Waals surface area contributed by atoms with Crippen molar-refractivity contribution in [2.45, 2.75) is 13.0 Å². The maximum absolute atomic E-state index is 11.7. The molecular formula is C15H18N2O4S2. The molecule has 0 saturated carbocycles. The Hall–Kier alpha value is -1.93. The van der Waals surface area contributed by atoms with Crippen LogP contribution in [0.3, 0.4) is 0 Å². The summed E-state index contributed by atoms with van der Waals surface area (Å²) in [6, 6.07) is 9.43. The van der Waals surface area contributed by atoms with Crippen molar-refractivity contribution < 1.29 is 17.9 Å². The van der Waals surface area contributed by atoms with Crippen LogP contribution in [0, 0.1) is 0 Å². The average molecular weight is 354 g/mol. The Kier molecular flexibility index (Phi) is 6.12. The van der Waals surface area contributed by atoms with E-state index in [1.165, 1.54) is 11.3 Å². The second-order valence-electron chi connectivity index (χ2n) is 4.99. The number of nitrogens with zero attached hydrogens (tertiary/aromatic N) is 1. The van der Waals surface area contributed by atoms with Crippen molar-refractivity contribution in [3.8, 4) is 5.75 Å². The van der Waals surface area contributed by atoms with E-state index in [9.17, 15) is 13.2 Å². The fraction of sp³-hybridized carbons (Fsp3) is 0.333. The molecule has 0 unspecified atom stereocenters. The lowest BCUT2D eigenvalue weighted by Crippen LogP contribution is -2.30. The number of thiazole rings is 1. The third-order valence-electron chi connectivity index (χ3n) is 2.84. The first-order valence-electron chi connectivity index (χ1n) is 6.98. The molecule has 124 valence electrons. The van der Waals surface area contributed by atoms with Gasteiger partial charge in [-0.25, -0.2) is 13.4 Å². The van der Waals surface area contributed by atoms with Gasteiger partial charge in [-0.2, -0.15) is 0 Å². The predicted molar refractivity (Wildman–Crippen MR) is 89.3 cm³/mol. The minimum absolute atomic E-state index is 0.0635. The number of carbonyl (C=O) groups is 1. The molecule has 1 amide bonds. The van der Waals surface area contributed by atoms with E-state index in [1.54, 1.807) is 5.38 Å². The lowest BCUT2D eigenvalue weighted by molar-refractivity contribution is -0.120. The van der Waals surface area contributed by atoms with Gasteiger partial charge in [0.05, 0.1) is 17.9 Å². The number of hydrogen-bond donors (Lipinski definition) is 1. The minimum Gasteiger partial charge on any atom is -0.486 e. The van der Waals surface area contributed by atoms with Gasteiger partial charge in [0.1, 0.15) is 27.2 Å². The number of hydrogen-bond acceptors (Lipinski definition) is 6. The molecule has 1 heterocycles. The molecule has 1 N–H and O–H groups in total. The molecule has 2 aromatic rings. The number of rotatable bonds is 8. The van der Waals surface area contributed by atoms with Crippen LogP contribution in [0.1, 0.15) is 10.7 Å². The Balaban J connectivity index is 1.77. The molecule has 23 heavy (non-hydrogen) atoms. The molecule has 0 bridgehead atoms. The summed E-state index contributed by atoms with van der Waals surface area (Å²) in [5, 5.41) is 5.16. The van der Waals surface area contributed by atoms with Crippen LogP contribution in [0.2, 0.25) is 0 Å². The quantitative estimate of drug-likeness (QED) is 0.775. The highest BCUT2D eigenvalue weighted by molar-refractivity contribution is 7.90. The highest BCUT2D eigenvalue weighted by Crippen LogP contribution is 2.15. The number of benzene rings is 1. The van der Waals surface area contributed by atoms with E-state index in [1.807, 2.05) is 30.3 Å². The zero-order valence-corrected chi connectivity index (χ0v) is 14.3. The summed E-state index contributed by atoms with van der Waals surface area (Å²) < 4.78 is 27.6. The molecule has 0 saturated heterocycles. The number of ether oxygens (including phenoxy) is 1. The van der Waals surface area contributed by atoms with Crippen molar-refractivity contribution in [2.75, 3.05) is 18.6 Å². The van der Waals surface area contributed by atoms with Gasteiger partial charge in [-0.05, 0) is 12.1 Å². The summed E-state index contributed by atoms with van der Waals surface area (Å²) in [6.45, 7) is 0.468. The Morgan fingerprint density at radius 2 is 2.04 bits per heavy atom.